The van der Waals surface area contributed by atoms with Gasteiger partial charge in [-0.05, 0) is 74.2 Å². The second-order valence-corrected chi connectivity index (χ2v) is 15.3. The minimum Gasteiger partial charge on any atom is -0.490 e. The van der Waals surface area contributed by atoms with Crippen molar-refractivity contribution in [3.05, 3.63) is 132 Å². The quantitative estimate of drug-likeness (QED) is 0.131. The Morgan fingerprint density at radius 2 is 0.739 bits per heavy atom. The molecule has 0 aliphatic rings. The fourth-order valence-corrected chi connectivity index (χ4v) is 8.63. The van der Waals surface area contributed by atoms with Crippen molar-refractivity contribution in [3.8, 4) is 33.8 Å². The zero-order valence-corrected chi connectivity index (χ0v) is 29.1. The van der Waals surface area contributed by atoms with Gasteiger partial charge in [-0.25, -0.2) is 0 Å². The maximum absolute atomic E-state index is 6.61. The van der Waals surface area contributed by atoms with E-state index in [-0.39, 0.29) is 22.7 Å². The molecule has 46 heavy (non-hydrogen) atoms. The van der Waals surface area contributed by atoms with Gasteiger partial charge in [0.25, 0.3) is 0 Å². The molecule has 6 aromatic carbocycles. The zero-order valence-electron chi connectivity index (χ0n) is 27.5. The van der Waals surface area contributed by atoms with Gasteiger partial charge >= 0.3 is 0 Å². The molecular formula is C42H42O2S2. The van der Waals surface area contributed by atoms with E-state index in [0.717, 1.165) is 22.6 Å². The molecule has 2 atom stereocenters. The third-order valence-electron chi connectivity index (χ3n) is 8.18. The maximum Gasteiger partial charge on any atom is 0.131 e. The van der Waals surface area contributed by atoms with E-state index >= 15 is 0 Å². The van der Waals surface area contributed by atoms with Crippen LogP contribution in [-0.4, -0.2) is 12.2 Å². The van der Waals surface area contributed by atoms with Gasteiger partial charge in [-0.2, -0.15) is 0 Å². The summed E-state index contributed by atoms with van der Waals surface area (Å²) in [4.78, 5) is 0. The summed E-state index contributed by atoms with van der Waals surface area (Å²) in [7, 11) is 3.79. The third kappa shape index (κ3) is 6.79. The lowest BCUT2D eigenvalue weighted by atomic mass is 9.95. The Bertz CT molecular complexity index is 1810. The molecule has 0 spiro atoms. The van der Waals surface area contributed by atoms with Crippen molar-refractivity contribution < 1.29 is 9.47 Å². The van der Waals surface area contributed by atoms with Gasteiger partial charge in [0.15, 0.2) is 0 Å². The van der Waals surface area contributed by atoms with Crippen molar-refractivity contribution in [2.75, 3.05) is 0 Å². The smallest absolute Gasteiger partial charge is 0.131 e. The molecule has 0 aliphatic carbocycles. The summed E-state index contributed by atoms with van der Waals surface area (Å²) in [5, 5.41) is 5.35. The van der Waals surface area contributed by atoms with Crippen LogP contribution in [0.4, 0.5) is 0 Å². The number of hydrogen-bond acceptors (Lipinski definition) is 4. The summed E-state index contributed by atoms with van der Waals surface area (Å²) >= 11 is 0. The predicted octanol–water partition coefficient (Wildman–Crippen LogP) is 13.1. The second kappa shape index (κ2) is 14.3. The van der Waals surface area contributed by atoms with E-state index in [1.165, 1.54) is 43.8 Å². The van der Waals surface area contributed by atoms with Crippen LogP contribution in [0.2, 0.25) is 0 Å². The minimum absolute atomic E-state index is 0.0613. The van der Waals surface area contributed by atoms with Crippen LogP contribution in [0.15, 0.2) is 121 Å². The largest absolute Gasteiger partial charge is 0.490 e. The number of para-hydroxylation sites is 2. The van der Waals surface area contributed by atoms with E-state index in [1.807, 2.05) is 21.6 Å². The third-order valence-corrected chi connectivity index (χ3v) is 11.4. The first-order chi connectivity index (χ1) is 22.3. The highest BCUT2D eigenvalue weighted by molar-refractivity contribution is 8.76. The van der Waals surface area contributed by atoms with Gasteiger partial charge in [-0.3, -0.25) is 0 Å². The number of fused-ring (bicyclic) bond motifs is 2. The first-order valence-electron chi connectivity index (χ1n) is 16.2. The molecule has 6 rings (SSSR count). The first kappa shape index (κ1) is 32.1. The first-order valence-corrected chi connectivity index (χ1v) is 18.5. The van der Waals surface area contributed by atoms with Gasteiger partial charge in [0.2, 0.25) is 0 Å². The Morgan fingerprint density at radius 3 is 1.15 bits per heavy atom. The molecule has 0 radical (unpaired) electrons. The molecule has 0 unspecified atom stereocenters. The average molecular weight is 643 g/mol. The minimum atomic E-state index is 0.0613. The molecule has 4 heteroatoms. The van der Waals surface area contributed by atoms with E-state index in [1.54, 1.807) is 0 Å². The molecule has 6 aromatic rings. The van der Waals surface area contributed by atoms with Crippen LogP contribution in [0.1, 0.15) is 63.2 Å². The maximum atomic E-state index is 6.61. The lowest BCUT2D eigenvalue weighted by Gasteiger charge is -2.24. The molecule has 2 nitrogen and oxygen atoms in total. The van der Waals surface area contributed by atoms with Crippen molar-refractivity contribution >= 4 is 43.1 Å². The number of benzene rings is 6. The topological polar surface area (TPSA) is 18.5 Å². The summed E-state index contributed by atoms with van der Waals surface area (Å²) < 4.78 is 13.2. The number of rotatable bonds is 11. The fraction of sp³-hybridized carbons (Fsp3) is 0.238. The summed E-state index contributed by atoms with van der Waals surface area (Å²) in [5.41, 5.74) is 7.12. The van der Waals surface area contributed by atoms with Crippen LogP contribution in [0.5, 0.6) is 11.5 Å². The molecule has 0 heterocycles. The Hall–Kier alpha value is -3.86. The summed E-state index contributed by atoms with van der Waals surface area (Å²) in [6.07, 6.45) is 0.123. The number of hydrogen-bond donors (Lipinski definition) is 0. The Kier molecular flexibility index (Phi) is 9.96. The standard InChI is InChI=1S/C42H42O2S2/c1-27(2)43-41-33(21-13-25-39(41)37-23-11-17-31-15-7-9-19-35(31)37)29(5)45-46-30(6)34-22-14-26-40(42(34)44-28(3)4)38-24-12-18-32-16-8-10-20-36(32)38/h7-30H,1-6H3/t29-,30-/m1/s1. The lowest BCUT2D eigenvalue weighted by molar-refractivity contribution is 0.241. The van der Waals surface area contributed by atoms with E-state index in [9.17, 15) is 0 Å². The average Bonchev–Trinajstić information content (AvgIpc) is 3.06. The summed E-state index contributed by atoms with van der Waals surface area (Å²) in [6, 6.07) is 43.4. The molecule has 0 amide bonds. The zero-order chi connectivity index (χ0) is 32.2. The fourth-order valence-electron chi connectivity index (χ4n) is 6.10. The molecule has 234 valence electrons. The second-order valence-electron chi connectivity index (χ2n) is 12.3. The monoisotopic (exact) mass is 642 g/mol. The molecule has 0 saturated carbocycles. The van der Waals surface area contributed by atoms with E-state index in [2.05, 4.69) is 163 Å². The molecular weight excluding hydrogens is 601 g/mol. The van der Waals surface area contributed by atoms with Gasteiger partial charge in [0.05, 0.1) is 12.2 Å². The Balaban J connectivity index is 1.32. The van der Waals surface area contributed by atoms with Crippen LogP contribution < -0.4 is 9.47 Å². The van der Waals surface area contributed by atoms with Gasteiger partial charge in [-0.15, -0.1) is 0 Å². The van der Waals surface area contributed by atoms with Gasteiger partial charge in [-0.1, -0.05) is 143 Å². The van der Waals surface area contributed by atoms with Crippen molar-refractivity contribution in [1.29, 1.82) is 0 Å². The molecule has 0 fully saturated rings. The summed E-state index contributed by atoms with van der Waals surface area (Å²) in [5.74, 6) is 1.95. The normalized spacial score (nSPS) is 13.0. The SMILES string of the molecule is CC(C)Oc1c(-c2cccc3ccccc23)cccc1[C@@H](C)SS[C@H](C)c1cccc(-c2cccc3ccccc23)c1OC(C)C. The van der Waals surface area contributed by atoms with Crippen molar-refractivity contribution in [2.45, 2.75) is 64.3 Å². The van der Waals surface area contributed by atoms with E-state index in [4.69, 9.17) is 9.47 Å². The van der Waals surface area contributed by atoms with E-state index in [0.29, 0.717) is 0 Å². The van der Waals surface area contributed by atoms with Crippen molar-refractivity contribution in [2.24, 2.45) is 0 Å². The van der Waals surface area contributed by atoms with Crippen LogP contribution in [0.3, 0.4) is 0 Å². The molecule has 0 saturated heterocycles. The Morgan fingerprint density at radius 1 is 0.391 bits per heavy atom. The highest BCUT2D eigenvalue weighted by Crippen LogP contribution is 2.52. The van der Waals surface area contributed by atoms with Crippen LogP contribution in [0.25, 0.3) is 43.8 Å². The van der Waals surface area contributed by atoms with Crippen LogP contribution >= 0.6 is 21.6 Å². The van der Waals surface area contributed by atoms with Crippen molar-refractivity contribution in [3.63, 3.8) is 0 Å². The van der Waals surface area contributed by atoms with Crippen LogP contribution in [0, 0.1) is 0 Å². The summed E-state index contributed by atoms with van der Waals surface area (Å²) in [6.45, 7) is 13.0. The lowest BCUT2D eigenvalue weighted by Crippen LogP contribution is -2.10. The predicted molar refractivity (Wildman–Crippen MR) is 202 cm³/mol. The van der Waals surface area contributed by atoms with Gasteiger partial charge in [0.1, 0.15) is 11.5 Å². The number of ether oxygens (including phenoxy) is 2. The van der Waals surface area contributed by atoms with E-state index < -0.39 is 0 Å². The molecule has 0 aliphatic heterocycles. The molecule has 0 aromatic heterocycles. The van der Waals surface area contributed by atoms with Gasteiger partial charge < -0.3 is 9.47 Å². The molecule has 0 N–H and O–H groups in total. The van der Waals surface area contributed by atoms with Crippen LogP contribution in [-0.2, 0) is 0 Å². The highest BCUT2D eigenvalue weighted by atomic mass is 33.1. The van der Waals surface area contributed by atoms with Gasteiger partial charge in [0, 0.05) is 32.8 Å². The highest BCUT2D eigenvalue weighted by Gasteiger charge is 2.23. The Labute approximate surface area is 281 Å². The van der Waals surface area contributed by atoms with Crippen molar-refractivity contribution in [1.82, 2.24) is 0 Å². The molecule has 0 bridgehead atoms.